The van der Waals surface area contributed by atoms with Crippen molar-refractivity contribution in [1.82, 2.24) is 0 Å². The van der Waals surface area contributed by atoms with E-state index in [1.807, 2.05) is 6.92 Å². The first-order valence-electron chi connectivity index (χ1n) is 10.1. The van der Waals surface area contributed by atoms with Crippen LogP contribution >= 0.6 is 0 Å². The highest BCUT2D eigenvalue weighted by molar-refractivity contribution is 6.11. The molecule has 2 atom stereocenters. The molecule has 3 rings (SSSR count). The second-order valence-corrected chi connectivity index (χ2v) is 7.95. The van der Waals surface area contributed by atoms with Gasteiger partial charge in [-0.05, 0) is 38.5 Å². The fourth-order valence-corrected chi connectivity index (χ4v) is 3.69. The molecule has 0 spiro atoms. The predicted molar refractivity (Wildman–Crippen MR) is 111 cm³/mol. The van der Waals surface area contributed by atoms with Crippen molar-refractivity contribution in [3.63, 3.8) is 0 Å². The number of quaternary nitrogens is 1. The van der Waals surface area contributed by atoms with Crippen LogP contribution in [0.15, 0.2) is 29.5 Å². The molecule has 0 saturated carbocycles. The van der Waals surface area contributed by atoms with E-state index >= 15 is 0 Å². The number of halogens is 3. The summed E-state index contributed by atoms with van der Waals surface area (Å²) >= 11 is 0. The SMILES string of the molecule is CC(=O)N1c2ccc(C3=C[NH+](CCC(F)(F)F)N=C3)cc2N(C(=O)OC(C)C)CC1C. The Bertz CT molecular complexity index is 927. The van der Waals surface area contributed by atoms with Crippen molar-refractivity contribution in [2.24, 2.45) is 5.10 Å². The van der Waals surface area contributed by atoms with Crippen molar-refractivity contribution in [3.8, 4) is 0 Å². The summed E-state index contributed by atoms with van der Waals surface area (Å²) in [4.78, 5) is 28.0. The number of anilines is 2. The Balaban J connectivity index is 1.94. The number of benzene rings is 1. The maximum atomic E-state index is 12.7. The highest BCUT2D eigenvalue weighted by Crippen LogP contribution is 2.38. The minimum Gasteiger partial charge on any atom is -0.446 e. The van der Waals surface area contributed by atoms with E-state index in [9.17, 15) is 22.8 Å². The van der Waals surface area contributed by atoms with Gasteiger partial charge in [-0.3, -0.25) is 9.69 Å². The lowest BCUT2D eigenvalue weighted by molar-refractivity contribution is -0.852. The standard InChI is InChI=1S/C21H25F3N4O3/c1-13(2)31-20(30)27-11-14(3)28(15(4)29)18-6-5-16(9-19(18)27)17-10-25-26(12-17)8-7-21(22,23)24/h5-6,9-10,12-14H,7-8,11H2,1-4H3/p+1. The number of allylic oxidation sites excluding steroid dienone is 1. The molecule has 2 amide bonds. The normalized spacial score (nSPS) is 20.7. The smallest absolute Gasteiger partial charge is 0.414 e. The highest BCUT2D eigenvalue weighted by Gasteiger charge is 2.35. The number of fused-ring (bicyclic) bond motifs is 1. The molecule has 0 saturated heterocycles. The van der Waals surface area contributed by atoms with E-state index in [4.69, 9.17) is 4.74 Å². The van der Waals surface area contributed by atoms with Crippen molar-refractivity contribution in [3.05, 3.63) is 30.0 Å². The van der Waals surface area contributed by atoms with E-state index in [0.29, 0.717) is 27.5 Å². The van der Waals surface area contributed by atoms with Gasteiger partial charge < -0.3 is 9.64 Å². The van der Waals surface area contributed by atoms with Crippen LogP contribution in [0, 0.1) is 0 Å². The van der Waals surface area contributed by atoms with Crippen LogP contribution in [0.25, 0.3) is 5.57 Å². The molecule has 168 valence electrons. The number of hydrogen-bond acceptors (Lipinski definition) is 4. The second kappa shape index (κ2) is 8.70. The van der Waals surface area contributed by atoms with E-state index < -0.39 is 18.7 Å². The first-order valence-corrected chi connectivity index (χ1v) is 10.1. The van der Waals surface area contributed by atoms with Gasteiger partial charge in [-0.25, -0.2) is 4.79 Å². The van der Waals surface area contributed by atoms with Gasteiger partial charge in [0.1, 0.15) is 12.7 Å². The molecular formula is C21H26F3N4O3+. The lowest BCUT2D eigenvalue weighted by Crippen LogP contribution is -3.02. The van der Waals surface area contributed by atoms with Crippen LogP contribution in [-0.2, 0) is 9.53 Å². The summed E-state index contributed by atoms with van der Waals surface area (Å²) in [6, 6.07) is 5.00. The third kappa shape index (κ3) is 5.25. The zero-order chi connectivity index (χ0) is 22.9. The minimum atomic E-state index is -4.24. The molecule has 1 N–H and O–H groups in total. The predicted octanol–water partition coefficient (Wildman–Crippen LogP) is 2.97. The number of nitrogens with one attached hydrogen (secondary N) is 1. The average Bonchev–Trinajstić information content (AvgIpc) is 3.13. The van der Waals surface area contributed by atoms with Gasteiger partial charge in [-0.2, -0.15) is 18.2 Å². The largest absolute Gasteiger partial charge is 0.446 e. The van der Waals surface area contributed by atoms with Crippen molar-refractivity contribution < 1.29 is 32.5 Å². The van der Waals surface area contributed by atoms with Crippen LogP contribution in [-0.4, -0.2) is 49.6 Å². The zero-order valence-corrected chi connectivity index (χ0v) is 17.9. The average molecular weight is 439 g/mol. The number of amides is 2. The molecule has 0 radical (unpaired) electrons. The van der Waals surface area contributed by atoms with Gasteiger partial charge in [-0.1, -0.05) is 11.2 Å². The number of nitrogens with zero attached hydrogens (tertiary/aromatic N) is 3. The van der Waals surface area contributed by atoms with Crippen LogP contribution in [0.4, 0.5) is 29.3 Å². The lowest BCUT2D eigenvalue weighted by Gasteiger charge is -2.40. The van der Waals surface area contributed by atoms with Gasteiger partial charge in [0.05, 0.1) is 41.7 Å². The Labute approximate surface area is 178 Å². The lowest BCUT2D eigenvalue weighted by atomic mass is 10.0. The number of carbonyl (C=O) groups excluding carboxylic acids is 2. The molecule has 2 aliphatic heterocycles. The quantitative estimate of drug-likeness (QED) is 0.785. The molecule has 7 nitrogen and oxygen atoms in total. The van der Waals surface area contributed by atoms with Crippen LogP contribution in [0.3, 0.4) is 0 Å². The minimum absolute atomic E-state index is 0.150. The van der Waals surface area contributed by atoms with Gasteiger partial charge in [-0.15, -0.1) is 0 Å². The van der Waals surface area contributed by atoms with E-state index in [-0.39, 0.29) is 31.1 Å². The topological polar surface area (TPSA) is 66.7 Å². The van der Waals surface area contributed by atoms with E-state index in [2.05, 4.69) is 5.10 Å². The molecule has 0 fully saturated rings. The van der Waals surface area contributed by atoms with Crippen molar-refractivity contribution in [2.75, 3.05) is 22.9 Å². The van der Waals surface area contributed by atoms with Crippen molar-refractivity contribution >= 4 is 35.2 Å². The Morgan fingerprint density at radius 2 is 2.00 bits per heavy atom. The van der Waals surface area contributed by atoms with E-state index in [0.717, 1.165) is 0 Å². The molecule has 2 unspecified atom stereocenters. The Morgan fingerprint density at radius 3 is 2.61 bits per heavy atom. The van der Waals surface area contributed by atoms with Crippen molar-refractivity contribution in [2.45, 2.75) is 52.4 Å². The number of rotatable bonds is 4. The van der Waals surface area contributed by atoms with E-state index in [1.165, 1.54) is 18.0 Å². The first kappa shape index (κ1) is 22.8. The number of alkyl halides is 3. The second-order valence-electron chi connectivity index (χ2n) is 7.95. The monoisotopic (exact) mass is 439 g/mol. The van der Waals surface area contributed by atoms with Crippen LogP contribution in [0.5, 0.6) is 0 Å². The molecule has 2 aliphatic rings. The fraction of sp³-hybridized carbons (Fsp3) is 0.476. The van der Waals surface area contributed by atoms with Gasteiger partial charge in [0, 0.05) is 13.5 Å². The van der Waals surface area contributed by atoms with Crippen LogP contribution in [0.1, 0.15) is 39.7 Å². The summed E-state index contributed by atoms with van der Waals surface area (Å²) in [7, 11) is 0. The van der Waals surface area contributed by atoms with Gasteiger partial charge in [0.2, 0.25) is 5.91 Å². The maximum Gasteiger partial charge on any atom is 0.414 e. The summed E-state index contributed by atoms with van der Waals surface area (Å²) in [6.45, 7) is 6.88. The number of carbonyl (C=O) groups is 2. The van der Waals surface area contributed by atoms with E-state index in [1.54, 1.807) is 43.1 Å². The number of ether oxygens (including phenoxy) is 1. The molecule has 31 heavy (non-hydrogen) atoms. The first-order chi connectivity index (χ1) is 14.5. The molecule has 0 aliphatic carbocycles. The van der Waals surface area contributed by atoms with Crippen LogP contribution in [0.2, 0.25) is 0 Å². The van der Waals surface area contributed by atoms with Gasteiger partial charge in [0.15, 0.2) is 0 Å². The molecule has 10 heteroatoms. The Kier molecular flexibility index (Phi) is 6.40. The van der Waals surface area contributed by atoms with Gasteiger partial charge >= 0.3 is 12.3 Å². The van der Waals surface area contributed by atoms with Crippen LogP contribution < -0.4 is 14.8 Å². The maximum absolute atomic E-state index is 12.7. The molecule has 1 aromatic rings. The Hall–Kier alpha value is -2.88. The highest BCUT2D eigenvalue weighted by atomic mass is 19.4. The molecule has 0 aromatic heterocycles. The zero-order valence-electron chi connectivity index (χ0n) is 17.9. The van der Waals surface area contributed by atoms with Crippen molar-refractivity contribution in [1.29, 1.82) is 0 Å². The third-order valence-corrected chi connectivity index (χ3v) is 5.00. The third-order valence-electron chi connectivity index (χ3n) is 5.00. The molecule has 0 bridgehead atoms. The fourth-order valence-electron chi connectivity index (χ4n) is 3.69. The number of hydrogen-bond donors (Lipinski definition) is 1. The summed E-state index contributed by atoms with van der Waals surface area (Å²) in [5.41, 5.74) is 2.41. The summed E-state index contributed by atoms with van der Waals surface area (Å²) < 4.78 is 42.8. The molecular weight excluding hydrogens is 413 g/mol. The summed E-state index contributed by atoms with van der Waals surface area (Å²) in [5.74, 6) is -0.150. The Morgan fingerprint density at radius 1 is 1.29 bits per heavy atom. The molecule has 1 aromatic carbocycles. The summed E-state index contributed by atoms with van der Waals surface area (Å²) in [5, 5.41) is 4.43. The molecule has 2 heterocycles. The van der Waals surface area contributed by atoms with Gasteiger partial charge in [0.25, 0.3) is 0 Å². The summed E-state index contributed by atoms with van der Waals surface area (Å²) in [6.07, 6.45) is -2.88.